The Morgan fingerprint density at radius 1 is 0.788 bits per heavy atom. The lowest BCUT2D eigenvalue weighted by Crippen LogP contribution is -2.17. The van der Waals surface area contributed by atoms with Crippen molar-refractivity contribution in [2.75, 3.05) is 5.32 Å². The number of nitrogens with one attached hydrogen (secondary N) is 1. The molecule has 0 atom stereocenters. The van der Waals surface area contributed by atoms with E-state index in [0.717, 1.165) is 39.2 Å². The minimum Gasteiger partial charge on any atom is -0.306 e. The molecule has 162 valence electrons. The molecule has 5 aromatic rings. The topological polar surface area (TPSA) is 85.6 Å². The van der Waals surface area contributed by atoms with E-state index in [1.165, 1.54) is 0 Å². The van der Waals surface area contributed by atoms with Crippen LogP contribution in [0.4, 0.5) is 5.82 Å². The van der Waals surface area contributed by atoms with E-state index in [4.69, 9.17) is 4.98 Å². The molecule has 0 unspecified atom stereocenters. The fourth-order valence-corrected chi connectivity index (χ4v) is 3.85. The summed E-state index contributed by atoms with van der Waals surface area (Å²) < 4.78 is 1.56. The van der Waals surface area contributed by atoms with Crippen LogP contribution in [0.25, 0.3) is 28.1 Å². The minimum atomic E-state index is -0.253. The van der Waals surface area contributed by atoms with Gasteiger partial charge in [-0.1, -0.05) is 48.5 Å². The van der Waals surface area contributed by atoms with Crippen molar-refractivity contribution in [1.82, 2.24) is 24.7 Å². The Balaban J connectivity index is 1.58. The van der Waals surface area contributed by atoms with Gasteiger partial charge in [-0.3, -0.25) is 4.79 Å². The van der Waals surface area contributed by atoms with E-state index in [2.05, 4.69) is 20.4 Å². The molecule has 0 aliphatic heterocycles. The van der Waals surface area contributed by atoms with Crippen LogP contribution in [0.1, 0.15) is 27.4 Å². The van der Waals surface area contributed by atoms with Crippen molar-refractivity contribution in [2.45, 2.75) is 20.8 Å². The van der Waals surface area contributed by atoms with Crippen LogP contribution in [0.2, 0.25) is 0 Å². The number of para-hydroxylation sites is 1. The molecule has 0 aliphatic rings. The highest BCUT2D eigenvalue weighted by Gasteiger charge is 2.18. The number of pyridine rings is 1. The largest absolute Gasteiger partial charge is 0.306 e. The number of aromatic nitrogens is 5. The van der Waals surface area contributed by atoms with Crippen molar-refractivity contribution in [2.24, 2.45) is 0 Å². The van der Waals surface area contributed by atoms with E-state index in [1.54, 1.807) is 10.7 Å². The van der Waals surface area contributed by atoms with Gasteiger partial charge in [0.15, 0.2) is 0 Å². The standard InChI is InChI=1S/C26H22N6O/c1-16-13-17(2)28-26(27-16)32-24(14-18(3)31-32)30-25(33)21-15-23(19-9-5-4-6-10-19)29-22-12-8-7-11-20(21)22/h4-15H,1-3H3,(H,30,33). The van der Waals surface area contributed by atoms with Crippen LogP contribution in [0.15, 0.2) is 72.8 Å². The van der Waals surface area contributed by atoms with Gasteiger partial charge < -0.3 is 5.32 Å². The third-order valence-corrected chi connectivity index (χ3v) is 5.26. The zero-order chi connectivity index (χ0) is 22.9. The number of amides is 1. The predicted octanol–water partition coefficient (Wildman–Crippen LogP) is 5.06. The van der Waals surface area contributed by atoms with Gasteiger partial charge in [-0.15, -0.1) is 0 Å². The second kappa shape index (κ2) is 8.27. The minimum absolute atomic E-state index is 0.253. The Morgan fingerprint density at radius 3 is 2.24 bits per heavy atom. The summed E-state index contributed by atoms with van der Waals surface area (Å²) in [7, 11) is 0. The number of carbonyl (C=O) groups is 1. The van der Waals surface area contributed by atoms with Crippen molar-refractivity contribution >= 4 is 22.6 Å². The van der Waals surface area contributed by atoms with E-state index < -0.39 is 0 Å². The molecule has 0 saturated carbocycles. The van der Waals surface area contributed by atoms with Crippen molar-refractivity contribution in [3.05, 3.63) is 95.4 Å². The maximum Gasteiger partial charge on any atom is 0.257 e. The fraction of sp³-hybridized carbons (Fsp3) is 0.115. The van der Waals surface area contributed by atoms with Crippen LogP contribution in [-0.2, 0) is 0 Å². The molecule has 0 spiro atoms. The molecule has 1 N–H and O–H groups in total. The smallest absolute Gasteiger partial charge is 0.257 e. The molecule has 33 heavy (non-hydrogen) atoms. The number of rotatable bonds is 4. The highest BCUT2D eigenvalue weighted by atomic mass is 16.1. The van der Waals surface area contributed by atoms with Crippen LogP contribution in [0, 0.1) is 20.8 Å². The molecule has 0 radical (unpaired) electrons. The molecule has 3 heterocycles. The zero-order valence-corrected chi connectivity index (χ0v) is 18.6. The summed E-state index contributed by atoms with van der Waals surface area (Å²) in [5.74, 6) is 0.668. The fourth-order valence-electron chi connectivity index (χ4n) is 3.85. The summed E-state index contributed by atoms with van der Waals surface area (Å²) in [6.45, 7) is 5.67. The Labute approximate surface area is 191 Å². The molecule has 0 fully saturated rings. The zero-order valence-electron chi connectivity index (χ0n) is 18.6. The van der Waals surface area contributed by atoms with Gasteiger partial charge in [0.05, 0.1) is 22.5 Å². The molecule has 7 heteroatoms. The Hall–Kier alpha value is -4.39. The average Bonchev–Trinajstić information content (AvgIpc) is 3.18. The van der Waals surface area contributed by atoms with Crippen LogP contribution >= 0.6 is 0 Å². The number of carbonyl (C=O) groups excluding carboxylic acids is 1. The summed E-state index contributed by atoms with van der Waals surface area (Å²) >= 11 is 0. The van der Waals surface area contributed by atoms with E-state index in [9.17, 15) is 4.79 Å². The number of hydrogen-bond acceptors (Lipinski definition) is 5. The lowest BCUT2D eigenvalue weighted by atomic mass is 10.0. The lowest BCUT2D eigenvalue weighted by molar-refractivity contribution is 0.102. The summed E-state index contributed by atoms with van der Waals surface area (Å²) in [6.07, 6.45) is 0. The van der Waals surface area contributed by atoms with E-state index in [-0.39, 0.29) is 5.91 Å². The van der Waals surface area contributed by atoms with Gasteiger partial charge in [-0.2, -0.15) is 9.78 Å². The van der Waals surface area contributed by atoms with Crippen LogP contribution < -0.4 is 5.32 Å². The maximum atomic E-state index is 13.5. The molecular weight excluding hydrogens is 412 g/mol. The highest BCUT2D eigenvalue weighted by molar-refractivity contribution is 6.13. The Kier molecular flexibility index (Phi) is 5.14. The molecular formula is C26H22N6O. The van der Waals surface area contributed by atoms with Crippen molar-refractivity contribution < 1.29 is 4.79 Å². The normalized spacial score (nSPS) is 11.0. The van der Waals surface area contributed by atoms with Crippen molar-refractivity contribution in [3.8, 4) is 17.2 Å². The van der Waals surface area contributed by atoms with Gasteiger partial charge in [0.1, 0.15) is 5.82 Å². The van der Waals surface area contributed by atoms with Gasteiger partial charge in [0.25, 0.3) is 11.9 Å². The second-order valence-corrected chi connectivity index (χ2v) is 7.93. The molecule has 0 bridgehead atoms. The van der Waals surface area contributed by atoms with Gasteiger partial charge in [-0.25, -0.2) is 15.0 Å². The number of nitrogens with zero attached hydrogens (tertiary/aromatic N) is 5. The first-order chi connectivity index (χ1) is 16.0. The maximum absolute atomic E-state index is 13.5. The summed E-state index contributed by atoms with van der Waals surface area (Å²) in [5.41, 5.74) is 5.38. The summed E-state index contributed by atoms with van der Waals surface area (Å²) in [4.78, 5) is 27.3. The molecule has 3 aromatic heterocycles. The highest BCUT2D eigenvalue weighted by Crippen LogP contribution is 2.26. The van der Waals surface area contributed by atoms with E-state index >= 15 is 0 Å². The second-order valence-electron chi connectivity index (χ2n) is 7.93. The monoisotopic (exact) mass is 434 g/mol. The van der Waals surface area contributed by atoms with Crippen molar-refractivity contribution in [1.29, 1.82) is 0 Å². The first-order valence-corrected chi connectivity index (χ1v) is 10.6. The van der Waals surface area contributed by atoms with E-state index in [0.29, 0.717) is 17.3 Å². The third kappa shape index (κ3) is 4.08. The Morgan fingerprint density at radius 2 is 1.48 bits per heavy atom. The quantitative estimate of drug-likeness (QED) is 0.428. The summed E-state index contributed by atoms with van der Waals surface area (Å²) in [5, 5.41) is 8.29. The Bertz CT molecular complexity index is 1470. The van der Waals surface area contributed by atoms with Gasteiger partial charge in [-0.05, 0) is 39.0 Å². The van der Waals surface area contributed by atoms with Gasteiger partial charge in [0, 0.05) is 28.4 Å². The number of anilines is 1. The molecule has 5 rings (SSSR count). The molecule has 1 amide bonds. The SMILES string of the molecule is Cc1cc(C)nc(-n2nc(C)cc2NC(=O)c2cc(-c3ccccc3)nc3ccccc23)n1. The number of benzene rings is 2. The third-order valence-electron chi connectivity index (χ3n) is 5.26. The molecule has 7 nitrogen and oxygen atoms in total. The average molecular weight is 435 g/mol. The van der Waals surface area contributed by atoms with E-state index in [1.807, 2.05) is 87.5 Å². The summed E-state index contributed by atoms with van der Waals surface area (Å²) in [6, 6.07) is 23.0. The lowest BCUT2D eigenvalue weighted by Gasteiger charge is -2.12. The number of hydrogen-bond donors (Lipinski definition) is 1. The van der Waals surface area contributed by atoms with Gasteiger partial charge in [0.2, 0.25) is 0 Å². The van der Waals surface area contributed by atoms with Crippen LogP contribution in [0.3, 0.4) is 0 Å². The molecule has 2 aromatic carbocycles. The number of fused-ring (bicyclic) bond motifs is 1. The van der Waals surface area contributed by atoms with Gasteiger partial charge >= 0.3 is 0 Å². The molecule has 0 saturated heterocycles. The van der Waals surface area contributed by atoms with Crippen LogP contribution in [-0.4, -0.2) is 30.6 Å². The molecule has 0 aliphatic carbocycles. The first-order valence-electron chi connectivity index (χ1n) is 10.6. The first kappa shape index (κ1) is 20.5. The van der Waals surface area contributed by atoms with Crippen molar-refractivity contribution in [3.63, 3.8) is 0 Å². The van der Waals surface area contributed by atoms with Crippen LogP contribution in [0.5, 0.6) is 0 Å². The number of aryl methyl sites for hydroxylation is 3. The predicted molar refractivity (Wildman–Crippen MR) is 128 cm³/mol.